The van der Waals surface area contributed by atoms with Crippen molar-refractivity contribution >= 4 is 0 Å². The molecule has 0 saturated heterocycles. The lowest BCUT2D eigenvalue weighted by atomic mass is 10.0. The number of fused-ring (bicyclic) bond motifs is 1. The lowest BCUT2D eigenvalue weighted by molar-refractivity contribution is 0.419. The number of hydrogen-bond donors (Lipinski definition) is 1. The molecule has 2 rings (SSSR count). The van der Waals surface area contributed by atoms with Gasteiger partial charge in [0.1, 0.15) is 0 Å². The van der Waals surface area contributed by atoms with Crippen LogP contribution in [0.5, 0.6) is 0 Å². The van der Waals surface area contributed by atoms with Gasteiger partial charge < -0.3 is 5.32 Å². The predicted molar refractivity (Wildman–Crippen MR) is 69.1 cm³/mol. The maximum Gasteiger partial charge on any atom is 0.0110 e. The summed E-state index contributed by atoms with van der Waals surface area (Å²) in [6, 6.07) is 0.749. The van der Waals surface area contributed by atoms with Crippen LogP contribution in [0.25, 0.3) is 0 Å². The topological polar surface area (TPSA) is 12.0 Å². The molecule has 2 fully saturated rings. The van der Waals surface area contributed by atoms with Crippen LogP contribution < -0.4 is 5.32 Å². The highest BCUT2D eigenvalue weighted by atomic mass is 14.9. The SMILES string of the molecule is CC#CCCC(NCC)C1C2CCCCC21. The van der Waals surface area contributed by atoms with E-state index in [2.05, 4.69) is 24.1 Å². The first-order chi connectivity index (χ1) is 7.88. The average molecular weight is 219 g/mol. The van der Waals surface area contributed by atoms with Gasteiger partial charge in [-0.3, -0.25) is 0 Å². The monoisotopic (exact) mass is 219 g/mol. The summed E-state index contributed by atoms with van der Waals surface area (Å²) in [5, 5.41) is 3.69. The van der Waals surface area contributed by atoms with E-state index in [0.717, 1.165) is 36.8 Å². The van der Waals surface area contributed by atoms with E-state index in [1.807, 2.05) is 6.92 Å². The lowest BCUT2D eigenvalue weighted by Gasteiger charge is -2.17. The van der Waals surface area contributed by atoms with Crippen LogP contribution in [0.3, 0.4) is 0 Å². The summed E-state index contributed by atoms with van der Waals surface area (Å²) in [4.78, 5) is 0. The molecule has 90 valence electrons. The van der Waals surface area contributed by atoms with Crippen molar-refractivity contribution in [2.45, 2.75) is 58.4 Å². The molecule has 0 aliphatic heterocycles. The normalized spacial score (nSPS) is 33.5. The van der Waals surface area contributed by atoms with Crippen molar-refractivity contribution in [2.75, 3.05) is 6.54 Å². The zero-order chi connectivity index (χ0) is 11.4. The Hall–Kier alpha value is -0.480. The third-order valence-electron chi connectivity index (χ3n) is 4.41. The van der Waals surface area contributed by atoms with Crippen molar-refractivity contribution in [3.63, 3.8) is 0 Å². The van der Waals surface area contributed by atoms with E-state index in [0.29, 0.717) is 0 Å². The van der Waals surface area contributed by atoms with Crippen LogP contribution in [0, 0.1) is 29.6 Å². The third-order valence-corrected chi connectivity index (χ3v) is 4.41. The second-order valence-electron chi connectivity index (χ2n) is 5.32. The summed E-state index contributed by atoms with van der Waals surface area (Å²) in [6.45, 7) is 5.28. The van der Waals surface area contributed by atoms with Crippen LogP contribution >= 0.6 is 0 Å². The fraction of sp³-hybridized carbons (Fsp3) is 0.867. The summed E-state index contributed by atoms with van der Waals surface area (Å²) in [7, 11) is 0. The van der Waals surface area contributed by atoms with E-state index in [4.69, 9.17) is 0 Å². The van der Waals surface area contributed by atoms with Gasteiger partial charge in [0.15, 0.2) is 0 Å². The highest BCUT2D eigenvalue weighted by Gasteiger charge is 2.53. The van der Waals surface area contributed by atoms with Crippen molar-refractivity contribution in [1.82, 2.24) is 5.32 Å². The molecule has 0 aromatic carbocycles. The van der Waals surface area contributed by atoms with Crippen LogP contribution in [-0.4, -0.2) is 12.6 Å². The first-order valence-electron chi connectivity index (χ1n) is 7.01. The highest BCUT2D eigenvalue weighted by molar-refractivity contribution is 5.06. The minimum absolute atomic E-state index is 0.749. The zero-order valence-electron chi connectivity index (χ0n) is 10.8. The van der Waals surface area contributed by atoms with Crippen molar-refractivity contribution in [1.29, 1.82) is 0 Å². The fourth-order valence-electron chi connectivity index (χ4n) is 3.69. The zero-order valence-corrected chi connectivity index (χ0v) is 10.8. The van der Waals surface area contributed by atoms with Crippen molar-refractivity contribution in [2.24, 2.45) is 17.8 Å². The first kappa shape index (κ1) is 12.0. The number of rotatable bonds is 5. The Kier molecular flexibility index (Phi) is 4.29. The van der Waals surface area contributed by atoms with E-state index in [1.165, 1.54) is 32.1 Å². The van der Waals surface area contributed by atoms with E-state index in [9.17, 15) is 0 Å². The van der Waals surface area contributed by atoms with Crippen molar-refractivity contribution in [3.05, 3.63) is 0 Å². The quantitative estimate of drug-likeness (QED) is 0.700. The van der Waals surface area contributed by atoms with E-state index < -0.39 is 0 Å². The minimum atomic E-state index is 0.749. The lowest BCUT2D eigenvalue weighted by Crippen LogP contribution is -2.31. The molecule has 0 aromatic heterocycles. The van der Waals surface area contributed by atoms with Gasteiger partial charge in [-0.15, -0.1) is 11.8 Å². The summed E-state index contributed by atoms with van der Waals surface area (Å²) >= 11 is 0. The minimum Gasteiger partial charge on any atom is -0.314 e. The van der Waals surface area contributed by atoms with Gasteiger partial charge in [0.2, 0.25) is 0 Å². The van der Waals surface area contributed by atoms with Crippen LogP contribution in [0.2, 0.25) is 0 Å². The van der Waals surface area contributed by atoms with Crippen LogP contribution in [-0.2, 0) is 0 Å². The van der Waals surface area contributed by atoms with Crippen molar-refractivity contribution < 1.29 is 0 Å². The van der Waals surface area contributed by atoms with E-state index in [-0.39, 0.29) is 0 Å². The Bertz CT molecular complexity index is 261. The van der Waals surface area contributed by atoms with Crippen LogP contribution in [0.1, 0.15) is 52.4 Å². The van der Waals surface area contributed by atoms with Crippen molar-refractivity contribution in [3.8, 4) is 11.8 Å². The molecular formula is C15H25N. The molecule has 0 spiro atoms. The molecule has 0 amide bonds. The third kappa shape index (κ3) is 2.61. The van der Waals surface area contributed by atoms with Gasteiger partial charge in [0.25, 0.3) is 0 Å². The molecule has 0 aromatic rings. The molecule has 3 unspecified atom stereocenters. The summed E-state index contributed by atoms with van der Waals surface area (Å²) in [5.41, 5.74) is 0. The molecule has 3 atom stereocenters. The van der Waals surface area contributed by atoms with E-state index >= 15 is 0 Å². The highest BCUT2D eigenvalue weighted by Crippen LogP contribution is 2.57. The molecule has 16 heavy (non-hydrogen) atoms. The Morgan fingerprint density at radius 3 is 2.50 bits per heavy atom. The Morgan fingerprint density at radius 2 is 1.94 bits per heavy atom. The maximum absolute atomic E-state index is 3.69. The van der Waals surface area contributed by atoms with Gasteiger partial charge in [0, 0.05) is 12.5 Å². The number of hydrogen-bond acceptors (Lipinski definition) is 1. The van der Waals surface area contributed by atoms with Gasteiger partial charge in [-0.1, -0.05) is 19.8 Å². The molecule has 0 radical (unpaired) electrons. The maximum atomic E-state index is 3.69. The smallest absolute Gasteiger partial charge is 0.0110 e. The molecule has 1 N–H and O–H groups in total. The number of nitrogens with one attached hydrogen (secondary N) is 1. The molecule has 1 heteroatoms. The summed E-state index contributed by atoms with van der Waals surface area (Å²) in [5.74, 6) is 9.33. The second-order valence-corrected chi connectivity index (χ2v) is 5.32. The molecule has 1 nitrogen and oxygen atoms in total. The van der Waals surface area contributed by atoms with Gasteiger partial charge >= 0.3 is 0 Å². The first-order valence-corrected chi connectivity index (χ1v) is 7.01. The molecule has 2 aliphatic carbocycles. The Balaban J connectivity index is 1.84. The van der Waals surface area contributed by atoms with Crippen LogP contribution in [0.15, 0.2) is 0 Å². The summed E-state index contributed by atoms with van der Waals surface area (Å²) in [6.07, 6.45) is 8.28. The van der Waals surface area contributed by atoms with E-state index in [1.54, 1.807) is 0 Å². The Labute approximate surface area is 100 Å². The fourth-order valence-corrected chi connectivity index (χ4v) is 3.69. The molecule has 0 bridgehead atoms. The summed E-state index contributed by atoms with van der Waals surface area (Å²) < 4.78 is 0. The molecular weight excluding hydrogens is 194 g/mol. The standard InChI is InChI=1S/C15H25N/c1-3-5-6-11-14(16-4-2)15-12-9-7-8-10-13(12)15/h12-16H,4,6-11H2,1-2H3. The average Bonchev–Trinajstić information content (AvgIpc) is 3.02. The molecule has 2 aliphatic rings. The van der Waals surface area contributed by atoms with Gasteiger partial charge in [-0.2, -0.15) is 0 Å². The largest absolute Gasteiger partial charge is 0.314 e. The van der Waals surface area contributed by atoms with Gasteiger partial charge in [-0.25, -0.2) is 0 Å². The molecule has 2 saturated carbocycles. The van der Waals surface area contributed by atoms with Gasteiger partial charge in [0.05, 0.1) is 0 Å². The second kappa shape index (κ2) is 5.73. The molecule has 0 heterocycles. The Morgan fingerprint density at radius 1 is 1.25 bits per heavy atom. The van der Waals surface area contributed by atoms with Crippen LogP contribution in [0.4, 0.5) is 0 Å². The van der Waals surface area contributed by atoms with Gasteiger partial charge in [-0.05, 0) is 50.5 Å². The predicted octanol–water partition coefficient (Wildman–Crippen LogP) is 3.20.